The molecule has 2 rings (SSSR count). The lowest BCUT2D eigenvalue weighted by Crippen LogP contribution is -1.90. The first-order chi connectivity index (χ1) is 4.88. The second kappa shape index (κ2) is 1.76. The molecular formula is C6H5N4. The zero-order valence-electron chi connectivity index (χ0n) is 5.44. The lowest BCUT2D eigenvalue weighted by atomic mass is 10.4. The molecule has 2 aromatic heterocycles. The number of fused-ring (bicyclic) bond motifs is 1. The summed E-state index contributed by atoms with van der Waals surface area (Å²) in [4.78, 5) is 4.05. The van der Waals surface area contributed by atoms with Crippen molar-refractivity contribution in [1.82, 2.24) is 20.0 Å². The molecule has 0 spiro atoms. The molecule has 0 fully saturated rings. The second-order valence-electron chi connectivity index (χ2n) is 1.97. The molecule has 1 radical (unpaired) electrons. The van der Waals surface area contributed by atoms with Gasteiger partial charge in [0.05, 0.1) is 0 Å². The van der Waals surface area contributed by atoms with Crippen LogP contribution in [-0.2, 0) is 7.05 Å². The molecule has 0 N–H and O–H groups in total. The first kappa shape index (κ1) is 5.34. The number of hydrogen-bond donors (Lipinski definition) is 0. The predicted octanol–water partition coefficient (Wildman–Crippen LogP) is 0.163. The van der Waals surface area contributed by atoms with E-state index < -0.39 is 0 Å². The average Bonchev–Trinajstić information content (AvgIpc) is 2.34. The van der Waals surface area contributed by atoms with Gasteiger partial charge in [0, 0.05) is 19.3 Å². The minimum absolute atomic E-state index is 0.713. The lowest BCUT2D eigenvalue weighted by molar-refractivity contribution is 0.730. The Bertz CT molecular complexity index is 351. The normalized spacial score (nSPS) is 10.5. The Balaban J connectivity index is 2.93. The van der Waals surface area contributed by atoms with Crippen LogP contribution in [0.5, 0.6) is 0 Å². The molecule has 0 saturated heterocycles. The summed E-state index contributed by atoms with van der Waals surface area (Å²) in [7, 11) is 1.80. The van der Waals surface area contributed by atoms with Gasteiger partial charge in [0.25, 0.3) is 0 Å². The third-order valence-corrected chi connectivity index (χ3v) is 1.29. The second-order valence-corrected chi connectivity index (χ2v) is 1.97. The van der Waals surface area contributed by atoms with Crippen molar-refractivity contribution in [2.45, 2.75) is 0 Å². The summed E-state index contributed by atoms with van der Waals surface area (Å²) < 4.78 is 1.62. The first-order valence-electron chi connectivity index (χ1n) is 2.90. The molecule has 49 valence electrons. The summed E-state index contributed by atoms with van der Waals surface area (Å²) in [6, 6.07) is 4.63. The van der Waals surface area contributed by atoms with Gasteiger partial charge in [-0.05, 0) is 6.07 Å². The van der Waals surface area contributed by atoms with Crippen molar-refractivity contribution in [2.75, 3.05) is 0 Å². The molecule has 2 heterocycles. The van der Waals surface area contributed by atoms with E-state index in [0.717, 1.165) is 5.65 Å². The van der Waals surface area contributed by atoms with E-state index in [1.54, 1.807) is 24.0 Å². The molecule has 0 atom stereocenters. The molecule has 0 aliphatic rings. The fourth-order valence-electron chi connectivity index (χ4n) is 0.814. The molecule has 10 heavy (non-hydrogen) atoms. The smallest absolute Gasteiger partial charge is 0.178 e. The van der Waals surface area contributed by atoms with Gasteiger partial charge in [-0.2, -0.15) is 0 Å². The van der Waals surface area contributed by atoms with Crippen LogP contribution in [0, 0.1) is 6.07 Å². The molecule has 4 nitrogen and oxygen atoms in total. The summed E-state index contributed by atoms with van der Waals surface area (Å²) in [5.41, 5.74) is 1.48. The molecule has 2 aromatic rings. The van der Waals surface area contributed by atoms with Crippen LogP contribution in [0.3, 0.4) is 0 Å². The van der Waals surface area contributed by atoms with Gasteiger partial charge in [0.2, 0.25) is 0 Å². The third kappa shape index (κ3) is 0.586. The van der Waals surface area contributed by atoms with Crippen molar-refractivity contribution in [2.24, 2.45) is 7.05 Å². The van der Waals surface area contributed by atoms with Crippen molar-refractivity contribution < 1.29 is 0 Å². The van der Waals surface area contributed by atoms with Gasteiger partial charge in [-0.3, -0.25) is 0 Å². The maximum absolute atomic E-state index is 4.05. The SMILES string of the molecule is Cn1nnc2[c]ccnc21. The quantitative estimate of drug-likeness (QED) is 0.514. The number of aromatic nitrogens is 4. The van der Waals surface area contributed by atoms with Crippen LogP contribution in [0.4, 0.5) is 0 Å². The average molecular weight is 133 g/mol. The van der Waals surface area contributed by atoms with E-state index in [0.29, 0.717) is 5.52 Å². The van der Waals surface area contributed by atoms with E-state index in [1.807, 2.05) is 0 Å². The van der Waals surface area contributed by atoms with Crippen molar-refractivity contribution in [3.63, 3.8) is 0 Å². The van der Waals surface area contributed by atoms with Crippen molar-refractivity contribution >= 4 is 11.2 Å². The summed E-state index contributed by atoms with van der Waals surface area (Å²) in [6.07, 6.45) is 1.67. The fourth-order valence-corrected chi connectivity index (χ4v) is 0.814. The Morgan fingerprint density at radius 2 is 2.50 bits per heavy atom. The molecule has 0 aromatic carbocycles. The molecule has 4 heteroatoms. The lowest BCUT2D eigenvalue weighted by Gasteiger charge is -1.85. The van der Waals surface area contributed by atoms with Crippen molar-refractivity contribution in [3.05, 3.63) is 18.3 Å². The number of aryl methyl sites for hydroxylation is 1. The number of rotatable bonds is 0. The first-order valence-corrected chi connectivity index (χ1v) is 2.90. The summed E-state index contributed by atoms with van der Waals surface area (Å²) in [5, 5.41) is 7.58. The maximum Gasteiger partial charge on any atom is 0.178 e. The monoisotopic (exact) mass is 133 g/mol. The van der Waals surface area contributed by atoms with Gasteiger partial charge in [0.1, 0.15) is 5.52 Å². The van der Waals surface area contributed by atoms with Gasteiger partial charge in [-0.15, -0.1) is 5.10 Å². The van der Waals surface area contributed by atoms with E-state index in [2.05, 4.69) is 21.4 Å². The van der Waals surface area contributed by atoms with Gasteiger partial charge in [-0.25, -0.2) is 9.67 Å². The molecule has 0 aliphatic heterocycles. The summed E-state index contributed by atoms with van der Waals surface area (Å²) in [5.74, 6) is 0. The Morgan fingerprint density at radius 1 is 1.60 bits per heavy atom. The molecule has 0 aliphatic carbocycles. The predicted molar refractivity (Wildman–Crippen MR) is 35.1 cm³/mol. The highest BCUT2D eigenvalue weighted by molar-refractivity contribution is 5.67. The Labute approximate surface area is 57.5 Å². The Morgan fingerprint density at radius 3 is 3.30 bits per heavy atom. The Kier molecular flexibility index (Phi) is 0.943. The van der Waals surface area contributed by atoms with Gasteiger partial charge in [0.15, 0.2) is 5.65 Å². The minimum Gasteiger partial charge on any atom is -0.235 e. The topological polar surface area (TPSA) is 43.6 Å². The van der Waals surface area contributed by atoms with Crippen LogP contribution in [0.25, 0.3) is 11.2 Å². The van der Waals surface area contributed by atoms with E-state index in [1.165, 1.54) is 0 Å². The van der Waals surface area contributed by atoms with Gasteiger partial charge < -0.3 is 0 Å². The zero-order chi connectivity index (χ0) is 6.97. The van der Waals surface area contributed by atoms with E-state index in [4.69, 9.17) is 0 Å². The molecule has 0 unspecified atom stereocenters. The van der Waals surface area contributed by atoms with Crippen molar-refractivity contribution in [1.29, 1.82) is 0 Å². The highest BCUT2D eigenvalue weighted by Crippen LogP contribution is 2.02. The van der Waals surface area contributed by atoms with Gasteiger partial charge >= 0.3 is 0 Å². The fraction of sp³-hybridized carbons (Fsp3) is 0.167. The molecule has 0 bridgehead atoms. The standard InChI is InChI=1S/C6H5N4/c1-10-6-5(8-9-10)3-2-4-7-6/h2,4H,1H3. The van der Waals surface area contributed by atoms with E-state index >= 15 is 0 Å². The van der Waals surface area contributed by atoms with Crippen LogP contribution >= 0.6 is 0 Å². The van der Waals surface area contributed by atoms with Crippen LogP contribution in [0.2, 0.25) is 0 Å². The molecule has 0 saturated carbocycles. The highest BCUT2D eigenvalue weighted by atomic mass is 15.4. The van der Waals surface area contributed by atoms with Gasteiger partial charge in [-0.1, -0.05) is 5.21 Å². The van der Waals surface area contributed by atoms with Crippen LogP contribution in [0.1, 0.15) is 0 Å². The largest absolute Gasteiger partial charge is 0.235 e. The van der Waals surface area contributed by atoms with E-state index in [-0.39, 0.29) is 0 Å². The Hall–Kier alpha value is -1.45. The third-order valence-electron chi connectivity index (χ3n) is 1.29. The summed E-state index contributed by atoms with van der Waals surface area (Å²) in [6.45, 7) is 0. The number of pyridine rings is 1. The van der Waals surface area contributed by atoms with Crippen molar-refractivity contribution in [3.8, 4) is 0 Å². The molecular weight excluding hydrogens is 128 g/mol. The zero-order valence-corrected chi connectivity index (χ0v) is 5.44. The van der Waals surface area contributed by atoms with Crippen LogP contribution in [-0.4, -0.2) is 20.0 Å². The minimum atomic E-state index is 0.713. The van der Waals surface area contributed by atoms with Crippen LogP contribution in [0.15, 0.2) is 12.3 Å². The maximum atomic E-state index is 4.05. The van der Waals surface area contributed by atoms with E-state index in [9.17, 15) is 0 Å². The highest BCUT2D eigenvalue weighted by Gasteiger charge is 1.98. The molecule has 0 amide bonds. The van der Waals surface area contributed by atoms with Crippen LogP contribution < -0.4 is 0 Å². The number of hydrogen-bond acceptors (Lipinski definition) is 3. The number of nitrogens with zero attached hydrogens (tertiary/aromatic N) is 4. The summed E-state index contributed by atoms with van der Waals surface area (Å²) >= 11 is 0.